The molecule has 3 N–H and O–H groups in total. The van der Waals surface area contributed by atoms with Crippen LogP contribution in [0.1, 0.15) is 31.1 Å². The van der Waals surface area contributed by atoms with Crippen molar-refractivity contribution in [1.82, 2.24) is 9.88 Å². The number of urea groups is 1. The number of anilines is 1. The number of aromatic nitrogens is 1. The van der Waals surface area contributed by atoms with E-state index < -0.39 is 34.9 Å². The minimum Gasteiger partial charge on any atom is -0.389 e. The molecule has 0 saturated heterocycles. The number of pyridine rings is 1. The van der Waals surface area contributed by atoms with Gasteiger partial charge in [-0.3, -0.25) is 4.79 Å². The molecule has 1 aromatic heterocycles. The number of aliphatic hydroxyl groups is 1. The van der Waals surface area contributed by atoms with E-state index in [-0.39, 0.29) is 35.9 Å². The first-order chi connectivity index (χ1) is 15.5. The topological polar surface area (TPSA) is 94.7 Å². The van der Waals surface area contributed by atoms with Crippen molar-refractivity contribution in [3.8, 4) is 0 Å². The average Bonchev–Trinajstić information content (AvgIpc) is 2.74. The van der Waals surface area contributed by atoms with Crippen LogP contribution in [0.5, 0.6) is 0 Å². The number of hydrogen-bond acceptors (Lipinski definition) is 4. The van der Waals surface area contributed by atoms with Crippen LogP contribution < -0.4 is 10.9 Å². The molecule has 0 fully saturated rings. The molecule has 1 atom stereocenters. The van der Waals surface area contributed by atoms with Crippen LogP contribution in [0, 0.1) is 11.6 Å². The fourth-order valence-electron chi connectivity index (χ4n) is 3.98. The van der Waals surface area contributed by atoms with E-state index in [0.29, 0.717) is 16.6 Å². The SMILES string of the molecule is CC(C)(O)CN(C(=O)Nc1ccc(F)c(Cl)c1)[C@@H]1COCc2[nH]c(=O)c3cc(F)ccc3c21. The number of hydrogen-bond donors (Lipinski definition) is 3. The first-order valence-corrected chi connectivity index (χ1v) is 10.6. The van der Waals surface area contributed by atoms with Crippen LogP contribution in [0.4, 0.5) is 19.3 Å². The number of benzene rings is 2. The Bertz CT molecular complexity index is 1290. The van der Waals surface area contributed by atoms with Gasteiger partial charge in [-0.1, -0.05) is 17.7 Å². The third-order valence-corrected chi connectivity index (χ3v) is 5.62. The van der Waals surface area contributed by atoms with Gasteiger partial charge in [0.1, 0.15) is 11.6 Å². The summed E-state index contributed by atoms with van der Waals surface area (Å²) in [6, 6.07) is 6.35. The van der Waals surface area contributed by atoms with Crippen molar-refractivity contribution in [3.05, 3.63) is 74.7 Å². The average molecular weight is 478 g/mol. The fraction of sp³-hybridized carbons (Fsp3) is 0.304. The molecule has 0 radical (unpaired) electrons. The fourth-order valence-corrected chi connectivity index (χ4v) is 4.16. The maximum atomic E-state index is 13.8. The van der Waals surface area contributed by atoms with Gasteiger partial charge in [-0.15, -0.1) is 0 Å². The lowest BCUT2D eigenvalue weighted by molar-refractivity contribution is 0.00309. The number of amides is 2. The van der Waals surface area contributed by atoms with E-state index in [0.717, 1.165) is 12.1 Å². The quantitative estimate of drug-likeness (QED) is 0.521. The summed E-state index contributed by atoms with van der Waals surface area (Å²) in [6.07, 6.45) is 0. The molecule has 1 aliphatic rings. The Morgan fingerprint density at radius 1 is 1.27 bits per heavy atom. The Hall–Kier alpha value is -3.01. The van der Waals surface area contributed by atoms with Crippen LogP contribution in [-0.4, -0.2) is 39.8 Å². The maximum absolute atomic E-state index is 13.8. The Balaban J connectivity index is 1.80. The van der Waals surface area contributed by atoms with E-state index in [4.69, 9.17) is 16.3 Å². The summed E-state index contributed by atoms with van der Waals surface area (Å²) in [6.45, 7) is 3.20. The largest absolute Gasteiger partial charge is 0.389 e. The van der Waals surface area contributed by atoms with Crippen LogP contribution in [0.15, 0.2) is 41.2 Å². The Morgan fingerprint density at radius 3 is 2.73 bits per heavy atom. The molecule has 3 aromatic rings. The number of ether oxygens (including phenoxy) is 1. The molecule has 2 heterocycles. The van der Waals surface area contributed by atoms with Gasteiger partial charge in [0.25, 0.3) is 5.56 Å². The van der Waals surface area contributed by atoms with Crippen LogP contribution in [0.2, 0.25) is 5.02 Å². The van der Waals surface area contributed by atoms with Crippen LogP contribution in [-0.2, 0) is 11.3 Å². The smallest absolute Gasteiger partial charge is 0.322 e. The first kappa shape index (κ1) is 23.2. The van der Waals surface area contributed by atoms with Crippen molar-refractivity contribution in [3.63, 3.8) is 0 Å². The van der Waals surface area contributed by atoms with E-state index in [1.54, 1.807) is 13.8 Å². The highest BCUT2D eigenvalue weighted by Crippen LogP contribution is 2.35. The monoisotopic (exact) mass is 477 g/mol. The minimum atomic E-state index is -1.28. The van der Waals surface area contributed by atoms with Gasteiger partial charge in [0.2, 0.25) is 0 Å². The lowest BCUT2D eigenvalue weighted by Gasteiger charge is -2.38. The van der Waals surface area contributed by atoms with Crippen molar-refractivity contribution in [2.45, 2.75) is 32.1 Å². The van der Waals surface area contributed by atoms with Crippen LogP contribution >= 0.6 is 11.6 Å². The number of rotatable bonds is 4. The molecule has 0 unspecified atom stereocenters. The molecule has 0 spiro atoms. The van der Waals surface area contributed by atoms with Crippen molar-refractivity contribution >= 4 is 34.1 Å². The summed E-state index contributed by atoms with van der Waals surface area (Å²) in [5, 5.41) is 13.7. The predicted molar refractivity (Wildman–Crippen MR) is 120 cm³/mol. The zero-order chi connectivity index (χ0) is 23.9. The summed E-state index contributed by atoms with van der Waals surface area (Å²) >= 11 is 5.83. The van der Waals surface area contributed by atoms with Crippen molar-refractivity contribution in [2.75, 3.05) is 18.5 Å². The first-order valence-electron chi connectivity index (χ1n) is 10.2. The molecular formula is C23H22ClF2N3O4. The molecule has 0 bridgehead atoms. The molecule has 4 rings (SSSR count). The molecule has 174 valence electrons. The second-order valence-corrected chi connectivity index (χ2v) is 8.97. The van der Waals surface area contributed by atoms with E-state index in [9.17, 15) is 23.5 Å². The van der Waals surface area contributed by atoms with Gasteiger partial charge in [-0.2, -0.15) is 0 Å². The number of nitrogens with zero attached hydrogens (tertiary/aromatic N) is 1. The number of fused-ring (bicyclic) bond motifs is 3. The highest BCUT2D eigenvalue weighted by atomic mass is 35.5. The summed E-state index contributed by atoms with van der Waals surface area (Å²) in [4.78, 5) is 29.9. The number of H-pyrrole nitrogens is 1. The van der Waals surface area contributed by atoms with Gasteiger partial charge in [0.15, 0.2) is 0 Å². The lowest BCUT2D eigenvalue weighted by atomic mass is 9.94. The van der Waals surface area contributed by atoms with E-state index in [1.807, 2.05) is 0 Å². The highest BCUT2D eigenvalue weighted by Gasteiger charge is 2.35. The standard InChI is InChI=1S/C23H22ClF2N3O4/c1-23(2,32)11-29(22(31)27-13-4-6-17(26)16(24)8-13)19-10-33-9-18-20(19)14-5-3-12(25)7-15(14)21(30)28-18/h3-8,19,32H,9-11H2,1-2H3,(H,27,31)(H,28,30)/t19-/m1/s1. The normalized spacial score (nSPS) is 15.9. The second-order valence-electron chi connectivity index (χ2n) is 8.57. The molecule has 2 aromatic carbocycles. The highest BCUT2D eigenvalue weighted by molar-refractivity contribution is 6.31. The molecular weight excluding hydrogens is 456 g/mol. The van der Waals surface area contributed by atoms with Gasteiger partial charge in [-0.25, -0.2) is 13.6 Å². The van der Waals surface area contributed by atoms with E-state index in [2.05, 4.69) is 10.3 Å². The molecule has 2 amide bonds. The Labute approximate surface area is 192 Å². The van der Waals surface area contributed by atoms with Crippen molar-refractivity contribution in [1.29, 1.82) is 0 Å². The van der Waals surface area contributed by atoms with Gasteiger partial charge >= 0.3 is 6.03 Å². The number of aromatic amines is 1. The van der Waals surface area contributed by atoms with Gasteiger partial charge in [-0.05, 0) is 49.6 Å². The third-order valence-electron chi connectivity index (χ3n) is 5.33. The molecule has 0 aliphatic carbocycles. The predicted octanol–water partition coefficient (Wildman–Crippen LogP) is 4.34. The second kappa shape index (κ2) is 8.74. The zero-order valence-electron chi connectivity index (χ0n) is 17.9. The number of nitrogens with one attached hydrogen (secondary N) is 2. The molecule has 7 nitrogen and oxygen atoms in total. The third kappa shape index (κ3) is 4.85. The Morgan fingerprint density at radius 2 is 2.03 bits per heavy atom. The number of halogens is 3. The summed E-state index contributed by atoms with van der Waals surface area (Å²) in [7, 11) is 0. The van der Waals surface area contributed by atoms with Crippen LogP contribution in [0.25, 0.3) is 10.8 Å². The van der Waals surface area contributed by atoms with E-state index >= 15 is 0 Å². The van der Waals surface area contributed by atoms with E-state index in [1.165, 1.54) is 29.2 Å². The van der Waals surface area contributed by atoms with Gasteiger partial charge in [0.05, 0.1) is 41.8 Å². The minimum absolute atomic E-state index is 0.0825. The van der Waals surface area contributed by atoms with Crippen LogP contribution in [0.3, 0.4) is 0 Å². The molecule has 10 heteroatoms. The number of carbonyl (C=O) groups is 1. The summed E-state index contributed by atoms with van der Waals surface area (Å²) in [5.74, 6) is -1.18. The summed E-state index contributed by atoms with van der Waals surface area (Å²) in [5.41, 5.74) is -0.412. The molecule has 0 saturated carbocycles. The molecule has 1 aliphatic heterocycles. The zero-order valence-corrected chi connectivity index (χ0v) is 18.7. The number of carbonyl (C=O) groups excluding carboxylic acids is 1. The lowest BCUT2D eigenvalue weighted by Crippen LogP contribution is -2.48. The molecule has 33 heavy (non-hydrogen) atoms. The van der Waals surface area contributed by atoms with Crippen molar-refractivity contribution < 1.29 is 23.4 Å². The summed E-state index contributed by atoms with van der Waals surface area (Å²) < 4.78 is 33.0. The van der Waals surface area contributed by atoms with Gasteiger partial charge in [0, 0.05) is 16.9 Å². The maximum Gasteiger partial charge on any atom is 0.322 e. The Kier molecular flexibility index (Phi) is 6.13. The van der Waals surface area contributed by atoms with Crippen molar-refractivity contribution in [2.24, 2.45) is 0 Å². The van der Waals surface area contributed by atoms with Gasteiger partial charge < -0.3 is 25.0 Å².